The number of carbonyl (C=O) groups is 1. The smallest absolute Gasteiger partial charge is 0.245 e. The Balaban J connectivity index is 1.51. The number of anilines is 1. The molecule has 1 N–H and O–H groups in total. The molecule has 0 bridgehead atoms. The van der Waals surface area contributed by atoms with Crippen molar-refractivity contribution in [2.75, 3.05) is 18.4 Å². The molecule has 2 heterocycles. The van der Waals surface area contributed by atoms with Gasteiger partial charge in [0.1, 0.15) is 11.4 Å². The van der Waals surface area contributed by atoms with Gasteiger partial charge in [-0.05, 0) is 49.2 Å². The molecule has 0 spiro atoms. The maximum atomic E-state index is 13.3. The molecule has 0 atom stereocenters. The van der Waals surface area contributed by atoms with Gasteiger partial charge in [-0.15, -0.1) is 0 Å². The van der Waals surface area contributed by atoms with Gasteiger partial charge in [0, 0.05) is 23.9 Å². The van der Waals surface area contributed by atoms with E-state index in [0.29, 0.717) is 34.9 Å². The topological polar surface area (TPSA) is 88.5 Å². The van der Waals surface area contributed by atoms with Crippen LogP contribution in [-0.2, 0) is 21.4 Å². The zero-order valence-corrected chi connectivity index (χ0v) is 19.4. The van der Waals surface area contributed by atoms with Crippen LogP contribution < -0.4 is 10.7 Å². The average molecular weight is 476 g/mol. The van der Waals surface area contributed by atoms with Gasteiger partial charge in [0.15, 0.2) is 5.43 Å². The normalized spacial score (nSPS) is 14.9. The summed E-state index contributed by atoms with van der Waals surface area (Å²) < 4.78 is 29.8. The highest BCUT2D eigenvalue weighted by Gasteiger charge is 2.28. The molecule has 8 heteroatoms. The van der Waals surface area contributed by atoms with Gasteiger partial charge in [0.2, 0.25) is 15.9 Å². The lowest BCUT2D eigenvalue weighted by Gasteiger charge is -2.26. The van der Waals surface area contributed by atoms with Crippen LogP contribution in [0.5, 0.6) is 0 Å². The maximum Gasteiger partial charge on any atom is 0.245 e. The molecular weight excluding hydrogens is 450 g/mol. The van der Waals surface area contributed by atoms with Gasteiger partial charge in [0.05, 0.1) is 16.7 Å². The fraction of sp³-hybridized carbons (Fsp3) is 0.231. The molecule has 0 aliphatic carbocycles. The van der Waals surface area contributed by atoms with Gasteiger partial charge in [-0.3, -0.25) is 9.59 Å². The number of pyridine rings is 1. The summed E-state index contributed by atoms with van der Waals surface area (Å²) in [6, 6.07) is 20.9. The lowest BCUT2D eigenvalue weighted by Crippen LogP contribution is -2.36. The van der Waals surface area contributed by atoms with Crippen molar-refractivity contribution in [3.05, 3.63) is 83.0 Å². The second kappa shape index (κ2) is 9.04. The predicted octanol–water partition coefficient (Wildman–Crippen LogP) is 3.97. The van der Waals surface area contributed by atoms with E-state index in [1.54, 1.807) is 47.0 Å². The van der Waals surface area contributed by atoms with Crippen LogP contribution in [0.4, 0.5) is 5.69 Å². The molecule has 7 nitrogen and oxygen atoms in total. The van der Waals surface area contributed by atoms with E-state index in [9.17, 15) is 18.0 Å². The Morgan fingerprint density at radius 3 is 2.00 bits per heavy atom. The highest BCUT2D eigenvalue weighted by Crippen LogP contribution is 2.27. The van der Waals surface area contributed by atoms with Crippen molar-refractivity contribution in [2.45, 2.75) is 30.7 Å². The molecule has 1 saturated heterocycles. The Morgan fingerprint density at radius 2 is 1.35 bits per heavy atom. The quantitative estimate of drug-likeness (QED) is 0.443. The lowest BCUT2D eigenvalue weighted by atomic mass is 10.1. The number of rotatable bonds is 5. The SMILES string of the molecule is O=C(Cn1c2ccccc2c(=O)c2ccccc21)Nc1ccccc1S(=O)(=O)N1CCCCC1. The van der Waals surface area contributed by atoms with Crippen molar-refractivity contribution in [1.82, 2.24) is 8.87 Å². The number of piperidine rings is 1. The summed E-state index contributed by atoms with van der Waals surface area (Å²) in [5, 5.41) is 3.86. The van der Waals surface area contributed by atoms with E-state index in [-0.39, 0.29) is 28.5 Å². The fourth-order valence-electron chi connectivity index (χ4n) is 4.62. The molecule has 0 unspecified atom stereocenters. The van der Waals surface area contributed by atoms with E-state index in [2.05, 4.69) is 5.32 Å². The third-order valence-corrected chi connectivity index (χ3v) is 8.23. The van der Waals surface area contributed by atoms with E-state index in [4.69, 9.17) is 0 Å². The first kappa shape index (κ1) is 22.3. The largest absolute Gasteiger partial charge is 0.331 e. The molecule has 5 rings (SSSR count). The average Bonchev–Trinajstić information content (AvgIpc) is 2.87. The summed E-state index contributed by atoms with van der Waals surface area (Å²) in [6.07, 6.45) is 2.69. The monoisotopic (exact) mass is 475 g/mol. The fourth-order valence-corrected chi connectivity index (χ4v) is 6.28. The number of nitrogens with zero attached hydrogens (tertiary/aromatic N) is 2. The van der Waals surface area contributed by atoms with Crippen molar-refractivity contribution < 1.29 is 13.2 Å². The summed E-state index contributed by atoms with van der Waals surface area (Å²) >= 11 is 0. The number of para-hydroxylation sites is 3. The van der Waals surface area contributed by atoms with Gasteiger partial charge >= 0.3 is 0 Å². The minimum atomic E-state index is -3.72. The molecule has 174 valence electrons. The van der Waals surface area contributed by atoms with Crippen LogP contribution in [0.1, 0.15) is 19.3 Å². The summed E-state index contributed by atoms with van der Waals surface area (Å²) in [5.74, 6) is -0.375. The molecular formula is C26H25N3O4S. The van der Waals surface area contributed by atoms with Gasteiger partial charge < -0.3 is 9.88 Å². The van der Waals surface area contributed by atoms with Crippen LogP contribution in [0, 0.1) is 0 Å². The van der Waals surface area contributed by atoms with Crippen molar-refractivity contribution in [3.8, 4) is 0 Å². The number of fused-ring (bicyclic) bond motifs is 2. The van der Waals surface area contributed by atoms with Crippen LogP contribution in [-0.4, -0.2) is 36.3 Å². The Bertz CT molecular complexity index is 1490. The van der Waals surface area contributed by atoms with Gasteiger partial charge in [-0.1, -0.05) is 42.8 Å². The summed E-state index contributed by atoms with van der Waals surface area (Å²) in [7, 11) is -3.72. The number of benzene rings is 3. The van der Waals surface area contributed by atoms with Crippen LogP contribution in [0.15, 0.2) is 82.5 Å². The van der Waals surface area contributed by atoms with Crippen LogP contribution in [0.3, 0.4) is 0 Å². The second-order valence-electron chi connectivity index (χ2n) is 8.46. The number of hydrogen-bond acceptors (Lipinski definition) is 4. The zero-order valence-electron chi connectivity index (χ0n) is 18.6. The first-order valence-electron chi connectivity index (χ1n) is 11.4. The molecule has 1 aromatic heterocycles. The van der Waals surface area contributed by atoms with Crippen LogP contribution in [0.2, 0.25) is 0 Å². The maximum absolute atomic E-state index is 13.3. The predicted molar refractivity (Wildman–Crippen MR) is 133 cm³/mol. The minimum Gasteiger partial charge on any atom is -0.331 e. The molecule has 0 radical (unpaired) electrons. The number of aromatic nitrogens is 1. The number of carbonyl (C=O) groups excluding carboxylic acids is 1. The van der Waals surface area contributed by atoms with E-state index in [0.717, 1.165) is 19.3 Å². The number of hydrogen-bond donors (Lipinski definition) is 1. The van der Waals surface area contributed by atoms with Gasteiger partial charge in [-0.2, -0.15) is 4.31 Å². The number of amides is 1. The molecule has 1 fully saturated rings. The van der Waals surface area contributed by atoms with E-state index in [1.165, 1.54) is 10.4 Å². The van der Waals surface area contributed by atoms with E-state index >= 15 is 0 Å². The minimum absolute atomic E-state index is 0.0700. The Morgan fingerprint density at radius 1 is 0.794 bits per heavy atom. The van der Waals surface area contributed by atoms with Crippen LogP contribution in [0.25, 0.3) is 21.8 Å². The molecule has 1 amide bonds. The Kier molecular flexibility index (Phi) is 5.93. The lowest BCUT2D eigenvalue weighted by molar-refractivity contribution is -0.116. The van der Waals surface area contributed by atoms with Crippen LogP contribution >= 0.6 is 0 Å². The van der Waals surface area contributed by atoms with Crippen molar-refractivity contribution in [3.63, 3.8) is 0 Å². The van der Waals surface area contributed by atoms with E-state index < -0.39 is 10.0 Å². The van der Waals surface area contributed by atoms with E-state index in [1.807, 2.05) is 24.3 Å². The number of sulfonamides is 1. The van der Waals surface area contributed by atoms with Crippen molar-refractivity contribution >= 4 is 43.4 Å². The highest BCUT2D eigenvalue weighted by molar-refractivity contribution is 7.89. The summed E-state index contributed by atoms with van der Waals surface area (Å²) in [4.78, 5) is 26.2. The molecule has 1 aliphatic rings. The van der Waals surface area contributed by atoms with Crippen molar-refractivity contribution in [2.24, 2.45) is 0 Å². The molecule has 0 saturated carbocycles. The van der Waals surface area contributed by atoms with Crippen molar-refractivity contribution in [1.29, 1.82) is 0 Å². The Labute approximate surface area is 197 Å². The number of nitrogens with one attached hydrogen (secondary N) is 1. The third kappa shape index (κ3) is 3.99. The standard InChI is InChI=1S/C26H25N3O4S/c30-25(27-21-12-4-7-15-24(21)34(32,33)28-16-8-1-9-17-28)18-29-22-13-5-2-10-19(22)26(31)20-11-3-6-14-23(20)29/h2-7,10-15H,1,8-9,16-18H2,(H,27,30). The molecule has 4 aromatic rings. The summed E-state index contributed by atoms with van der Waals surface area (Å²) in [6.45, 7) is 0.902. The molecule has 3 aromatic carbocycles. The third-order valence-electron chi connectivity index (χ3n) is 6.27. The first-order chi connectivity index (χ1) is 16.5. The molecule has 34 heavy (non-hydrogen) atoms. The summed E-state index contributed by atoms with van der Waals surface area (Å²) in [5.41, 5.74) is 1.47. The van der Waals surface area contributed by atoms with Gasteiger partial charge in [-0.25, -0.2) is 8.42 Å². The second-order valence-corrected chi connectivity index (χ2v) is 10.4. The highest BCUT2D eigenvalue weighted by atomic mass is 32.2. The Hall–Kier alpha value is -3.49. The first-order valence-corrected chi connectivity index (χ1v) is 12.8. The zero-order chi connectivity index (χ0) is 23.7. The van der Waals surface area contributed by atoms with Gasteiger partial charge in [0.25, 0.3) is 0 Å². The molecule has 1 aliphatic heterocycles.